The number of halogens is 1. The van der Waals surface area contributed by atoms with Crippen molar-refractivity contribution >= 4 is 26.0 Å². The summed E-state index contributed by atoms with van der Waals surface area (Å²) in [5.41, 5.74) is 1.68. The molecule has 0 aliphatic rings. The van der Waals surface area contributed by atoms with Crippen LogP contribution < -0.4 is 9.46 Å². The molecular weight excluding hydrogens is 366 g/mol. The molecule has 4 nitrogen and oxygen atoms in total. The summed E-state index contributed by atoms with van der Waals surface area (Å²) in [5.74, 6) is 0.667. The van der Waals surface area contributed by atoms with Crippen molar-refractivity contribution in [2.24, 2.45) is 0 Å². The van der Waals surface area contributed by atoms with Gasteiger partial charge in [-0.3, -0.25) is 0 Å². The molecule has 22 heavy (non-hydrogen) atoms. The highest BCUT2D eigenvalue weighted by Gasteiger charge is 2.19. The number of nitrogens with one attached hydrogen (secondary N) is 1. The van der Waals surface area contributed by atoms with Gasteiger partial charge in [-0.15, -0.1) is 0 Å². The molecule has 118 valence electrons. The fourth-order valence-corrected chi connectivity index (χ4v) is 3.72. The molecule has 2 aromatic carbocycles. The van der Waals surface area contributed by atoms with Crippen LogP contribution in [-0.4, -0.2) is 15.5 Å². The second-order valence-electron chi connectivity index (χ2n) is 5.03. The molecular formula is C16H18BrNO3S. The van der Waals surface area contributed by atoms with Crippen molar-refractivity contribution in [3.05, 3.63) is 58.1 Å². The first-order valence-corrected chi connectivity index (χ1v) is 9.03. The summed E-state index contributed by atoms with van der Waals surface area (Å²) in [4.78, 5) is 0.231. The lowest BCUT2D eigenvalue weighted by atomic mass is 10.1. The maximum absolute atomic E-state index is 12.5. The predicted molar refractivity (Wildman–Crippen MR) is 90.6 cm³/mol. The van der Waals surface area contributed by atoms with E-state index < -0.39 is 10.0 Å². The van der Waals surface area contributed by atoms with Crippen molar-refractivity contribution in [2.75, 3.05) is 7.11 Å². The number of hydrogen-bond acceptors (Lipinski definition) is 3. The minimum Gasteiger partial charge on any atom is -0.496 e. The molecule has 0 radical (unpaired) electrons. The van der Waals surface area contributed by atoms with E-state index in [0.29, 0.717) is 5.75 Å². The molecule has 0 heterocycles. The van der Waals surface area contributed by atoms with Crippen molar-refractivity contribution < 1.29 is 13.2 Å². The third-order valence-electron chi connectivity index (χ3n) is 3.38. The topological polar surface area (TPSA) is 55.4 Å². The summed E-state index contributed by atoms with van der Waals surface area (Å²) in [5, 5.41) is 0. The zero-order chi connectivity index (χ0) is 16.3. The molecule has 0 bridgehead atoms. The number of rotatable bonds is 5. The lowest BCUT2D eigenvalue weighted by Gasteiger charge is -2.15. The maximum atomic E-state index is 12.5. The van der Waals surface area contributed by atoms with Crippen LogP contribution in [0.4, 0.5) is 0 Å². The van der Waals surface area contributed by atoms with Crippen LogP contribution in [-0.2, 0) is 10.0 Å². The number of sulfonamides is 1. The van der Waals surface area contributed by atoms with E-state index in [9.17, 15) is 8.42 Å². The van der Waals surface area contributed by atoms with Crippen LogP contribution in [0.3, 0.4) is 0 Å². The van der Waals surface area contributed by atoms with Gasteiger partial charge in [0.05, 0.1) is 12.0 Å². The number of ether oxygens (including phenoxy) is 1. The Morgan fingerprint density at radius 1 is 1.14 bits per heavy atom. The molecule has 0 saturated heterocycles. The highest BCUT2D eigenvalue weighted by Crippen LogP contribution is 2.23. The number of hydrogen-bond donors (Lipinski definition) is 1. The van der Waals surface area contributed by atoms with Crippen molar-refractivity contribution in [3.63, 3.8) is 0 Å². The minimum atomic E-state index is -3.58. The summed E-state index contributed by atoms with van der Waals surface area (Å²) in [6.07, 6.45) is 0. The van der Waals surface area contributed by atoms with Crippen molar-refractivity contribution in [1.82, 2.24) is 4.72 Å². The SMILES string of the molecule is COc1ccc(S(=O)(=O)N[C@@H](C)c2ccc(Br)cc2)cc1C. The average molecular weight is 384 g/mol. The van der Waals surface area contributed by atoms with Crippen molar-refractivity contribution in [2.45, 2.75) is 24.8 Å². The second kappa shape index (κ2) is 6.81. The summed E-state index contributed by atoms with van der Waals surface area (Å²) in [7, 11) is -2.02. The van der Waals surface area contributed by atoms with E-state index in [1.165, 1.54) is 0 Å². The quantitative estimate of drug-likeness (QED) is 0.853. The van der Waals surface area contributed by atoms with Crippen molar-refractivity contribution in [1.29, 1.82) is 0 Å². The minimum absolute atomic E-state index is 0.231. The highest BCUT2D eigenvalue weighted by atomic mass is 79.9. The first-order chi connectivity index (χ1) is 10.3. The Balaban J connectivity index is 2.23. The molecule has 0 unspecified atom stereocenters. The van der Waals surface area contributed by atoms with Gasteiger partial charge in [-0.2, -0.15) is 0 Å². The van der Waals surface area contributed by atoms with E-state index in [-0.39, 0.29) is 10.9 Å². The van der Waals surface area contributed by atoms with Gasteiger partial charge in [0, 0.05) is 10.5 Å². The monoisotopic (exact) mass is 383 g/mol. The third-order valence-corrected chi connectivity index (χ3v) is 5.45. The zero-order valence-electron chi connectivity index (χ0n) is 12.6. The Labute approximate surface area is 139 Å². The number of benzene rings is 2. The van der Waals surface area contributed by atoms with Gasteiger partial charge in [-0.05, 0) is 55.3 Å². The zero-order valence-corrected chi connectivity index (χ0v) is 15.0. The molecule has 0 spiro atoms. The van der Waals surface area contributed by atoms with E-state index in [4.69, 9.17) is 4.74 Å². The molecule has 1 N–H and O–H groups in total. The predicted octanol–water partition coefficient (Wildman–Crippen LogP) is 3.81. The van der Waals surface area contributed by atoms with Crippen LogP contribution in [0.1, 0.15) is 24.1 Å². The Morgan fingerprint density at radius 3 is 2.32 bits per heavy atom. The molecule has 2 aromatic rings. The summed E-state index contributed by atoms with van der Waals surface area (Å²) < 4.78 is 33.7. The lowest BCUT2D eigenvalue weighted by Crippen LogP contribution is -2.27. The first kappa shape index (κ1) is 17.0. The number of aryl methyl sites for hydroxylation is 1. The van der Waals surface area contributed by atoms with E-state index in [1.807, 2.05) is 38.1 Å². The van der Waals surface area contributed by atoms with Crippen LogP contribution in [0.2, 0.25) is 0 Å². The first-order valence-electron chi connectivity index (χ1n) is 6.76. The van der Waals surface area contributed by atoms with Crippen molar-refractivity contribution in [3.8, 4) is 5.75 Å². The average Bonchev–Trinajstić information content (AvgIpc) is 2.47. The highest BCUT2D eigenvalue weighted by molar-refractivity contribution is 9.10. The maximum Gasteiger partial charge on any atom is 0.241 e. The Hall–Kier alpha value is -1.37. The molecule has 6 heteroatoms. The van der Waals surface area contributed by atoms with E-state index in [0.717, 1.165) is 15.6 Å². The van der Waals surface area contributed by atoms with Gasteiger partial charge in [0.1, 0.15) is 5.75 Å². The van der Waals surface area contributed by atoms with E-state index >= 15 is 0 Å². The molecule has 0 fully saturated rings. The Kier molecular flexibility index (Phi) is 5.26. The molecule has 2 rings (SSSR count). The van der Waals surface area contributed by atoms with E-state index in [1.54, 1.807) is 25.3 Å². The van der Waals surface area contributed by atoms with Crippen LogP contribution in [0.5, 0.6) is 5.75 Å². The van der Waals surface area contributed by atoms with Crippen LogP contribution in [0.15, 0.2) is 51.8 Å². The van der Waals surface area contributed by atoms with Crippen LogP contribution in [0, 0.1) is 6.92 Å². The van der Waals surface area contributed by atoms with Gasteiger partial charge in [0.15, 0.2) is 0 Å². The van der Waals surface area contributed by atoms with Gasteiger partial charge in [-0.1, -0.05) is 28.1 Å². The smallest absolute Gasteiger partial charge is 0.241 e. The molecule has 0 saturated carbocycles. The summed E-state index contributed by atoms with van der Waals surface area (Å²) in [6, 6.07) is 12.0. The van der Waals surface area contributed by atoms with Crippen LogP contribution in [0.25, 0.3) is 0 Å². The molecule has 0 aromatic heterocycles. The van der Waals surface area contributed by atoms with Gasteiger partial charge in [0.25, 0.3) is 0 Å². The van der Waals surface area contributed by atoms with Gasteiger partial charge >= 0.3 is 0 Å². The Bertz CT molecular complexity index is 757. The van der Waals surface area contributed by atoms with Crippen LogP contribution >= 0.6 is 15.9 Å². The normalized spacial score (nSPS) is 12.9. The third kappa shape index (κ3) is 3.88. The van der Waals surface area contributed by atoms with Gasteiger partial charge in [-0.25, -0.2) is 13.1 Å². The molecule has 0 aliphatic heterocycles. The molecule has 0 aliphatic carbocycles. The standard InChI is InChI=1S/C16H18BrNO3S/c1-11-10-15(8-9-16(11)21-3)22(19,20)18-12(2)13-4-6-14(17)7-5-13/h4-10,12,18H,1-3H3/t12-/m0/s1. The molecule has 1 atom stereocenters. The summed E-state index contributed by atoms with van der Waals surface area (Å²) in [6.45, 7) is 3.63. The fourth-order valence-electron chi connectivity index (χ4n) is 2.14. The fraction of sp³-hybridized carbons (Fsp3) is 0.250. The van der Waals surface area contributed by atoms with Gasteiger partial charge < -0.3 is 4.74 Å². The second-order valence-corrected chi connectivity index (χ2v) is 7.66. The largest absolute Gasteiger partial charge is 0.496 e. The lowest BCUT2D eigenvalue weighted by molar-refractivity contribution is 0.411. The summed E-state index contributed by atoms with van der Waals surface area (Å²) >= 11 is 3.36. The number of methoxy groups -OCH3 is 1. The Morgan fingerprint density at radius 2 is 1.77 bits per heavy atom. The molecule has 0 amide bonds. The van der Waals surface area contributed by atoms with E-state index in [2.05, 4.69) is 20.7 Å². The van der Waals surface area contributed by atoms with Gasteiger partial charge in [0.2, 0.25) is 10.0 Å².